The Morgan fingerprint density at radius 3 is 2.52 bits per heavy atom. The zero-order valence-corrected chi connectivity index (χ0v) is 13.4. The number of hydrogen-bond donors (Lipinski definition) is 4. The first-order valence-electron chi connectivity index (χ1n) is 7.46. The molecule has 6 N–H and O–H groups in total. The zero-order chi connectivity index (χ0) is 16.8. The molecule has 2 rings (SSSR count). The van der Waals surface area contributed by atoms with Crippen LogP contribution in [0.15, 0.2) is 23.2 Å². The van der Waals surface area contributed by atoms with E-state index in [1.165, 1.54) is 24.6 Å². The van der Waals surface area contributed by atoms with Crippen molar-refractivity contribution in [2.75, 3.05) is 5.32 Å². The molecular weight excluding hydrogens is 318 g/mol. The van der Waals surface area contributed by atoms with E-state index in [1.807, 2.05) is 0 Å². The summed E-state index contributed by atoms with van der Waals surface area (Å²) >= 11 is 6.05. The highest BCUT2D eigenvalue weighted by atomic mass is 35.5. The molecule has 1 aliphatic rings. The number of rotatable bonds is 3. The van der Waals surface area contributed by atoms with Gasteiger partial charge in [0.2, 0.25) is 0 Å². The zero-order valence-electron chi connectivity index (χ0n) is 12.6. The fourth-order valence-electron chi connectivity index (χ4n) is 2.53. The average Bonchev–Trinajstić information content (AvgIpc) is 2.49. The molecule has 0 spiro atoms. The van der Waals surface area contributed by atoms with E-state index >= 15 is 0 Å². The first kappa shape index (κ1) is 17.1. The van der Waals surface area contributed by atoms with Crippen LogP contribution in [-0.2, 0) is 0 Å². The van der Waals surface area contributed by atoms with Gasteiger partial charge in [-0.1, -0.05) is 30.9 Å². The average molecular weight is 338 g/mol. The van der Waals surface area contributed by atoms with Crippen LogP contribution in [0.3, 0.4) is 0 Å². The third kappa shape index (κ3) is 5.14. The number of carbonyl (C=O) groups excluding carboxylic acids is 2. The SMILES string of the molecule is NC(N)=NC(=O)c1ccc(Cl)c(NC(=O)NC2CCCCC2)c1. The molecule has 1 aromatic rings. The second-order valence-electron chi connectivity index (χ2n) is 5.47. The van der Waals surface area contributed by atoms with Crippen LogP contribution in [0.5, 0.6) is 0 Å². The number of aliphatic imine (C=N–C) groups is 1. The molecule has 3 amide bonds. The minimum absolute atomic E-state index is 0.175. The Balaban J connectivity index is 2.05. The molecule has 0 saturated heterocycles. The predicted molar refractivity (Wildman–Crippen MR) is 90.6 cm³/mol. The quantitative estimate of drug-likeness (QED) is 0.498. The van der Waals surface area contributed by atoms with Crippen molar-refractivity contribution in [3.05, 3.63) is 28.8 Å². The Labute approximate surface area is 139 Å². The molecule has 8 heteroatoms. The van der Waals surface area contributed by atoms with Gasteiger partial charge in [0.05, 0.1) is 10.7 Å². The Morgan fingerprint density at radius 2 is 1.87 bits per heavy atom. The lowest BCUT2D eigenvalue weighted by Gasteiger charge is -2.23. The van der Waals surface area contributed by atoms with Crippen molar-refractivity contribution in [2.24, 2.45) is 16.5 Å². The van der Waals surface area contributed by atoms with Gasteiger partial charge >= 0.3 is 6.03 Å². The molecule has 0 bridgehead atoms. The Morgan fingerprint density at radius 1 is 1.17 bits per heavy atom. The van der Waals surface area contributed by atoms with Crippen molar-refractivity contribution in [1.82, 2.24) is 5.32 Å². The van der Waals surface area contributed by atoms with E-state index in [2.05, 4.69) is 15.6 Å². The van der Waals surface area contributed by atoms with E-state index in [-0.39, 0.29) is 23.6 Å². The summed E-state index contributed by atoms with van der Waals surface area (Å²) in [4.78, 5) is 27.3. The molecule has 1 aromatic carbocycles. The van der Waals surface area contributed by atoms with Gasteiger partial charge in [-0.15, -0.1) is 0 Å². The normalized spacial score (nSPS) is 14.8. The number of nitrogens with one attached hydrogen (secondary N) is 2. The van der Waals surface area contributed by atoms with Crippen molar-refractivity contribution < 1.29 is 9.59 Å². The lowest BCUT2D eigenvalue weighted by Crippen LogP contribution is -2.39. The van der Waals surface area contributed by atoms with Gasteiger partial charge in [0.25, 0.3) is 5.91 Å². The molecule has 1 fully saturated rings. The van der Waals surface area contributed by atoms with Crippen LogP contribution in [0, 0.1) is 0 Å². The van der Waals surface area contributed by atoms with Crippen molar-refractivity contribution in [2.45, 2.75) is 38.1 Å². The van der Waals surface area contributed by atoms with E-state index in [9.17, 15) is 9.59 Å². The number of anilines is 1. The van der Waals surface area contributed by atoms with Crippen molar-refractivity contribution in [1.29, 1.82) is 0 Å². The number of guanidine groups is 1. The van der Waals surface area contributed by atoms with E-state index in [4.69, 9.17) is 23.1 Å². The molecule has 0 aromatic heterocycles. The third-order valence-electron chi connectivity index (χ3n) is 3.63. The van der Waals surface area contributed by atoms with Gasteiger partial charge in [-0.3, -0.25) is 4.79 Å². The lowest BCUT2D eigenvalue weighted by atomic mass is 9.96. The monoisotopic (exact) mass is 337 g/mol. The van der Waals surface area contributed by atoms with E-state index in [1.54, 1.807) is 0 Å². The molecule has 0 radical (unpaired) electrons. The number of urea groups is 1. The van der Waals surface area contributed by atoms with Gasteiger partial charge < -0.3 is 22.1 Å². The molecule has 7 nitrogen and oxygen atoms in total. The number of nitrogens with two attached hydrogens (primary N) is 2. The Hall–Kier alpha value is -2.28. The van der Waals surface area contributed by atoms with Crippen LogP contribution in [0.2, 0.25) is 5.02 Å². The summed E-state index contributed by atoms with van der Waals surface area (Å²) in [5, 5.41) is 5.90. The number of amides is 3. The van der Waals surface area contributed by atoms with Crippen molar-refractivity contribution in [3.8, 4) is 0 Å². The summed E-state index contributed by atoms with van der Waals surface area (Å²) in [5.41, 5.74) is 10.9. The van der Waals surface area contributed by atoms with Gasteiger partial charge in [-0.05, 0) is 31.0 Å². The van der Waals surface area contributed by atoms with Gasteiger partial charge in [0.1, 0.15) is 0 Å². The number of halogens is 1. The molecule has 0 atom stereocenters. The fraction of sp³-hybridized carbons (Fsp3) is 0.400. The second-order valence-corrected chi connectivity index (χ2v) is 5.88. The van der Waals surface area contributed by atoms with Crippen LogP contribution in [0.25, 0.3) is 0 Å². The highest BCUT2D eigenvalue weighted by molar-refractivity contribution is 6.33. The molecule has 124 valence electrons. The van der Waals surface area contributed by atoms with Gasteiger partial charge in [-0.25, -0.2) is 4.79 Å². The third-order valence-corrected chi connectivity index (χ3v) is 3.96. The standard InChI is InChI=1S/C15H20ClN5O2/c16-11-7-6-9(13(22)21-14(17)18)8-12(11)20-15(23)19-10-4-2-1-3-5-10/h6-8,10H,1-5H2,(H2,19,20,23)(H4,17,18,21,22). The lowest BCUT2D eigenvalue weighted by molar-refractivity contribution is 0.100. The van der Waals surface area contributed by atoms with E-state index in [0.717, 1.165) is 25.7 Å². The molecular formula is C15H20ClN5O2. The first-order chi connectivity index (χ1) is 11.0. The van der Waals surface area contributed by atoms with E-state index in [0.29, 0.717) is 10.7 Å². The van der Waals surface area contributed by atoms with Crippen LogP contribution < -0.4 is 22.1 Å². The minimum atomic E-state index is -0.600. The summed E-state index contributed by atoms with van der Waals surface area (Å²) in [6, 6.07) is 4.27. The predicted octanol–water partition coefficient (Wildman–Crippen LogP) is 2.21. The fourth-order valence-corrected chi connectivity index (χ4v) is 2.69. The topological polar surface area (TPSA) is 123 Å². The molecule has 23 heavy (non-hydrogen) atoms. The first-order valence-corrected chi connectivity index (χ1v) is 7.84. The van der Waals surface area contributed by atoms with Gasteiger partial charge in [0.15, 0.2) is 5.96 Å². The van der Waals surface area contributed by atoms with Gasteiger partial charge in [-0.2, -0.15) is 4.99 Å². The molecule has 1 aliphatic carbocycles. The number of nitrogens with zero attached hydrogens (tertiary/aromatic N) is 1. The number of hydrogen-bond acceptors (Lipinski definition) is 2. The van der Waals surface area contributed by atoms with Crippen molar-refractivity contribution >= 4 is 35.2 Å². The molecule has 0 unspecified atom stereocenters. The summed E-state index contributed by atoms with van der Waals surface area (Å²) < 4.78 is 0. The van der Waals surface area contributed by atoms with Crippen LogP contribution in [-0.4, -0.2) is 23.9 Å². The summed E-state index contributed by atoms with van der Waals surface area (Å²) in [6.45, 7) is 0. The van der Waals surface area contributed by atoms with Crippen LogP contribution >= 0.6 is 11.6 Å². The molecule has 1 saturated carbocycles. The molecule has 0 heterocycles. The Kier molecular flexibility index (Phi) is 5.81. The number of carbonyl (C=O) groups is 2. The largest absolute Gasteiger partial charge is 0.370 e. The second kappa shape index (κ2) is 7.82. The van der Waals surface area contributed by atoms with Crippen molar-refractivity contribution in [3.63, 3.8) is 0 Å². The molecule has 0 aliphatic heterocycles. The summed E-state index contributed by atoms with van der Waals surface area (Å²) in [7, 11) is 0. The Bertz CT molecular complexity index is 622. The summed E-state index contributed by atoms with van der Waals surface area (Å²) in [6.07, 6.45) is 5.40. The van der Waals surface area contributed by atoms with Gasteiger partial charge in [0, 0.05) is 11.6 Å². The van der Waals surface area contributed by atoms with Crippen LogP contribution in [0.4, 0.5) is 10.5 Å². The maximum absolute atomic E-state index is 12.1. The highest BCUT2D eigenvalue weighted by Gasteiger charge is 2.17. The summed E-state index contributed by atoms with van der Waals surface area (Å²) in [5.74, 6) is -0.924. The maximum atomic E-state index is 12.1. The highest BCUT2D eigenvalue weighted by Crippen LogP contribution is 2.24. The minimum Gasteiger partial charge on any atom is -0.370 e. The van der Waals surface area contributed by atoms with E-state index < -0.39 is 5.91 Å². The van der Waals surface area contributed by atoms with Crippen LogP contribution in [0.1, 0.15) is 42.5 Å². The number of benzene rings is 1. The maximum Gasteiger partial charge on any atom is 0.319 e. The smallest absolute Gasteiger partial charge is 0.319 e.